The molecule has 1 N–H and O–H groups in total. The Hall–Kier alpha value is -1.86. The van der Waals surface area contributed by atoms with Gasteiger partial charge in [-0.3, -0.25) is 9.69 Å². The Balaban J connectivity index is 1.64. The molecule has 1 saturated carbocycles. The van der Waals surface area contributed by atoms with Gasteiger partial charge in [0, 0.05) is 0 Å². The lowest BCUT2D eigenvalue weighted by atomic mass is 10.0. The summed E-state index contributed by atoms with van der Waals surface area (Å²) in [7, 11) is 0. The van der Waals surface area contributed by atoms with E-state index < -0.39 is 0 Å². The normalized spacial score (nSPS) is 21.1. The standard InChI is InChI=1S/C18H23N3O/c1-13(15-6-4-14(12-19)5-7-15)20-18(22)17(16-8-9-16)21-10-2-3-11-21/h4-7,13,16-17H,2-3,8-11H2,1H3,(H,20,22)/t13-,17+/m0/s1. The zero-order valence-corrected chi connectivity index (χ0v) is 13.1. The zero-order chi connectivity index (χ0) is 15.5. The number of rotatable bonds is 5. The number of amides is 1. The molecule has 2 atom stereocenters. The molecule has 22 heavy (non-hydrogen) atoms. The fourth-order valence-corrected chi connectivity index (χ4v) is 3.34. The van der Waals surface area contributed by atoms with E-state index in [4.69, 9.17) is 5.26 Å². The average molecular weight is 297 g/mol. The Bertz CT molecular complexity index is 565. The molecule has 1 aliphatic carbocycles. The summed E-state index contributed by atoms with van der Waals surface area (Å²) in [6.45, 7) is 4.12. The summed E-state index contributed by atoms with van der Waals surface area (Å²) in [4.78, 5) is 15.1. The van der Waals surface area contributed by atoms with Crippen molar-refractivity contribution in [1.29, 1.82) is 5.26 Å². The Morgan fingerprint density at radius 1 is 1.27 bits per heavy atom. The minimum atomic E-state index is -0.0240. The van der Waals surface area contributed by atoms with Crippen LogP contribution in [0.3, 0.4) is 0 Å². The molecule has 0 radical (unpaired) electrons. The minimum absolute atomic E-state index is 0.0240. The van der Waals surface area contributed by atoms with E-state index in [1.807, 2.05) is 19.1 Å². The van der Waals surface area contributed by atoms with Crippen molar-refractivity contribution in [2.45, 2.75) is 44.7 Å². The van der Waals surface area contributed by atoms with Crippen molar-refractivity contribution in [3.63, 3.8) is 0 Å². The summed E-state index contributed by atoms with van der Waals surface area (Å²) in [5.74, 6) is 0.715. The highest BCUT2D eigenvalue weighted by atomic mass is 16.2. The van der Waals surface area contributed by atoms with Gasteiger partial charge in [-0.15, -0.1) is 0 Å². The molecule has 0 spiro atoms. The van der Waals surface area contributed by atoms with Gasteiger partial charge >= 0.3 is 0 Å². The van der Waals surface area contributed by atoms with Gasteiger partial charge in [0.25, 0.3) is 0 Å². The first-order valence-corrected chi connectivity index (χ1v) is 8.23. The van der Waals surface area contributed by atoms with Crippen molar-refractivity contribution in [2.24, 2.45) is 5.92 Å². The third-order valence-electron chi connectivity index (χ3n) is 4.77. The molecule has 0 unspecified atom stereocenters. The molecule has 4 heteroatoms. The number of benzene rings is 1. The highest BCUT2D eigenvalue weighted by Gasteiger charge is 2.41. The van der Waals surface area contributed by atoms with E-state index in [9.17, 15) is 4.79 Å². The van der Waals surface area contributed by atoms with Gasteiger partial charge < -0.3 is 5.32 Å². The first-order valence-electron chi connectivity index (χ1n) is 8.23. The van der Waals surface area contributed by atoms with Crippen LogP contribution in [0.15, 0.2) is 24.3 Å². The highest BCUT2D eigenvalue weighted by Crippen LogP contribution is 2.37. The van der Waals surface area contributed by atoms with Crippen molar-refractivity contribution >= 4 is 5.91 Å². The summed E-state index contributed by atoms with van der Waals surface area (Å²) in [6, 6.07) is 9.60. The highest BCUT2D eigenvalue weighted by molar-refractivity contribution is 5.83. The lowest BCUT2D eigenvalue weighted by Crippen LogP contribution is -2.47. The Kier molecular flexibility index (Phi) is 4.44. The second-order valence-corrected chi connectivity index (χ2v) is 6.49. The lowest BCUT2D eigenvalue weighted by molar-refractivity contribution is -0.127. The smallest absolute Gasteiger partial charge is 0.238 e. The SMILES string of the molecule is C[C@H](NC(=O)[C@@H](C1CC1)N1CCCC1)c1ccc(C#N)cc1. The molecule has 1 amide bonds. The third-order valence-corrected chi connectivity index (χ3v) is 4.77. The molecular weight excluding hydrogens is 274 g/mol. The second-order valence-electron chi connectivity index (χ2n) is 6.49. The summed E-state index contributed by atoms with van der Waals surface area (Å²) >= 11 is 0. The van der Waals surface area contributed by atoms with E-state index in [0.717, 1.165) is 18.7 Å². The average Bonchev–Trinajstić information content (AvgIpc) is 3.21. The molecule has 1 saturated heterocycles. The first kappa shape index (κ1) is 15.1. The number of likely N-dealkylation sites (tertiary alicyclic amines) is 1. The molecule has 1 heterocycles. The fraction of sp³-hybridized carbons (Fsp3) is 0.556. The van der Waals surface area contributed by atoms with E-state index >= 15 is 0 Å². The Labute approximate surface area is 132 Å². The van der Waals surface area contributed by atoms with E-state index in [1.165, 1.54) is 25.7 Å². The van der Waals surface area contributed by atoms with Crippen LogP contribution in [-0.4, -0.2) is 29.9 Å². The van der Waals surface area contributed by atoms with Crippen molar-refractivity contribution < 1.29 is 4.79 Å². The number of nitrogens with zero attached hydrogens (tertiary/aromatic N) is 2. The molecule has 2 aliphatic rings. The molecule has 1 aromatic carbocycles. The van der Waals surface area contributed by atoms with Gasteiger partial charge in [-0.05, 0) is 69.3 Å². The Morgan fingerprint density at radius 3 is 2.45 bits per heavy atom. The van der Waals surface area contributed by atoms with Crippen molar-refractivity contribution in [3.05, 3.63) is 35.4 Å². The van der Waals surface area contributed by atoms with Crippen molar-refractivity contribution in [1.82, 2.24) is 10.2 Å². The maximum atomic E-state index is 12.7. The van der Waals surface area contributed by atoms with Crippen LogP contribution in [0.2, 0.25) is 0 Å². The maximum absolute atomic E-state index is 12.7. The number of hydrogen-bond donors (Lipinski definition) is 1. The fourth-order valence-electron chi connectivity index (χ4n) is 3.34. The van der Waals surface area contributed by atoms with Crippen LogP contribution in [0.5, 0.6) is 0 Å². The molecular formula is C18H23N3O. The summed E-state index contributed by atoms with van der Waals surface area (Å²) in [6.07, 6.45) is 4.78. The molecule has 1 aromatic rings. The molecule has 4 nitrogen and oxygen atoms in total. The Morgan fingerprint density at radius 2 is 1.91 bits per heavy atom. The van der Waals surface area contributed by atoms with Crippen LogP contribution >= 0.6 is 0 Å². The van der Waals surface area contributed by atoms with Crippen LogP contribution in [0.1, 0.15) is 49.8 Å². The van der Waals surface area contributed by atoms with E-state index in [1.54, 1.807) is 12.1 Å². The number of nitrogens with one attached hydrogen (secondary N) is 1. The van der Waals surface area contributed by atoms with Gasteiger partial charge in [0.1, 0.15) is 0 Å². The second kappa shape index (κ2) is 6.50. The number of hydrogen-bond acceptors (Lipinski definition) is 3. The van der Waals surface area contributed by atoms with Gasteiger partial charge in [-0.1, -0.05) is 12.1 Å². The van der Waals surface area contributed by atoms with Crippen molar-refractivity contribution in [2.75, 3.05) is 13.1 Å². The van der Waals surface area contributed by atoms with E-state index in [2.05, 4.69) is 16.3 Å². The topological polar surface area (TPSA) is 56.1 Å². The number of carbonyl (C=O) groups is 1. The predicted octanol–water partition coefficient (Wildman–Crippen LogP) is 2.61. The van der Waals surface area contributed by atoms with Gasteiger partial charge in [0.05, 0.1) is 23.7 Å². The zero-order valence-electron chi connectivity index (χ0n) is 13.1. The van der Waals surface area contributed by atoms with Crippen LogP contribution in [-0.2, 0) is 4.79 Å². The van der Waals surface area contributed by atoms with Gasteiger partial charge in [-0.25, -0.2) is 0 Å². The van der Waals surface area contributed by atoms with Crippen LogP contribution in [0.4, 0.5) is 0 Å². The first-order chi connectivity index (χ1) is 10.7. The van der Waals surface area contributed by atoms with Crippen LogP contribution in [0, 0.1) is 17.2 Å². The minimum Gasteiger partial charge on any atom is -0.348 e. The quantitative estimate of drug-likeness (QED) is 0.909. The molecule has 0 bridgehead atoms. The van der Waals surface area contributed by atoms with Crippen molar-refractivity contribution in [3.8, 4) is 6.07 Å². The number of carbonyl (C=O) groups excluding carboxylic acids is 1. The number of nitriles is 1. The van der Waals surface area contributed by atoms with Crippen LogP contribution in [0.25, 0.3) is 0 Å². The monoisotopic (exact) mass is 297 g/mol. The molecule has 3 rings (SSSR count). The molecule has 0 aromatic heterocycles. The largest absolute Gasteiger partial charge is 0.348 e. The summed E-state index contributed by atoms with van der Waals surface area (Å²) in [5.41, 5.74) is 1.69. The maximum Gasteiger partial charge on any atom is 0.238 e. The van der Waals surface area contributed by atoms with E-state index in [0.29, 0.717) is 11.5 Å². The van der Waals surface area contributed by atoms with Gasteiger partial charge in [-0.2, -0.15) is 5.26 Å². The lowest BCUT2D eigenvalue weighted by Gasteiger charge is -2.28. The third kappa shape index (κ3) is 3.31. The van der Waals surface area contributed by atoms with Gasteiger partial charge in [0.2, 0.25) is 5.91 Å². The molecule has 1 aliphatic heterocycles. The van der Waals surface area contributed by atoms with Crippen LogP contribution < -0.4 is 5.32 Å². The predicted molar refractivity (Wildman–Crippen MR) is 85.0 cm³/mol. The van der Waals surface area contributed by atoms with E-state index in [-0.39, 0.29) is 18.0 Å². The summed E-state index contributed by atoms with van der Waals surface area (Å²) < 4.78 is 0. The molecule has 116 valence electrons. The molecule has 2 fully saturated rings. The summed E-state index contributed by atoms with van der Waals surface area (Å²) in [5, 5.41) is 12.0. The van der Waals surface area contributed by atoms with Gasteiger partial charge in [0.15, 0.2) is 0 Å².